The average Bonchev–Trinajstić information content (AvgIpc) is 2.81. The van der Waals surface area contributed by atoms with Gasteiger partial charge in [-0.1, -0.05) is 0 Å². The first kappa shape index (κ1) is 16.0. The molecular formula is C14H27N5O2. The van der Waals surface area contributed by atoms with Crippen molar-refractivity contribution in [3.8, 4) is 0 Å². The van der Waals surface area contributed by atoms with E-state index in [1.807, 2.05) is 18.7 Å². The monoisotopic (exact) mass is 297 g/mol. The van der Waals surface area contributed by atoms with Crippen LogP contribution in [0.1, 0.15) is 20.3 Å². The van der Waals surface area contributed by atoms with Crippen molar-refractivity contribution < 1.29 is 9.59 Å². The Morgan fingerprint density at radius 1 is 1.38 bits per heavy atom. The maximum absolute atomic E-state index is 11.8. The van der Waals surface area contributed by atoms with Crippen LogP contribution in [0.4, 0.5) is 4.79 Å². The van der Waals surface area contributed by atoms with Crippen LogP contribution in [0.5, 0.6) is 0 Å². The zero-order valence-corrected chi connectivity index (χ0v) is 13.0. The Morgan fingerprint density at radius 3 is 2.71 bits per heavy atom. The highest BCUT2D eigenvalue weighted by Gasteiger charge is 2.31. The molecule has 0 saturated carbocycles. The number of nitrogens with one attached hydrogen (secondary N) is 3. The number of urea groups is 1. The third-order valence-electron chi connectivity index (χ3n) is 4.04. The molecule has 2 heterocycles. The molecule has 0 aromatic carbocycles. The van der Waals surface area contributed by atoms with Crippen molar-refractivity contribution in [1.82, 2.24) is 25.8 Å². The fraction of sp³-hybridized carbons (Fsp3) is 0.857. The number of hydrogen-bond donors (Lipinski definition) is 3. The molecule has 7 nitrogen and oxygen atoms in total. The van der Waals surface area contributed by atoms with E-state index >= 15 is 0 Å². The van der Waals surface area contributed by atoms with E-state index in [1.165, 1.54) is 0 Å². The fourth-order valence-corrected chi connectivity index (χ4v) is 2.83. The molecule has 2 fully saturated rings. The second-order valence-electron chi connectivity index (χ2n) is 6.03. The molecule has 2 saturated heterocycles. The zero-order valence-electron chi connectivity index (χ0n) is 13.0. The van der Waals surface area contributed by atoms with Gasteiger partial charge in [-0.3, -0.25) is 9.69 Å². The summed E-state index contributed by atoms with van der Waals surface area (Å²) < 4.78 is 0. The van der Waals surface area contributed by atoms with Gasteiger partial charge in [0.2, 0.25) is 5.91 Å². The molecule has 0 aromatic rings. The molecule has 1 unspecified atom stereocenters. The van der Waals surface area contributed by atoms with Crippen LogP contribution in [0.15, 0.2) is 0 Å². The van der Waals surface area contributed by atoms with Crippen LogP contribution in [-0.4, -0.2) is 79.6 Å². The molecule has 3 amide bonds. The smallest absolute Gasteiger partial charge is 0.315 e. The normalized spacial score (nSPS) is 23.7. The number of carbonyl (C=O) groups excluding carboxylic acids is 2. The number of nitrogens with zero attached hydrogens (tertiary/aromatic N) is 2. The zero-order chi connectivity index (χ0) is 15.2. The van der Waals surface area contributed by atoms with Gasteiger partial charge in [-0.15, -0.1) is 0 Å². The second-order valence-corrected chi connectivity index (χ2v) is 6.03. The molecule has 7 heteroatoms. The summed E-state index contributed by atoms with van der Waals surface area (Å²) in [6.45, 7) is 10.2. The van der Waals surface area contributed by atoms with Crippen LogP contribution in [0.2, 0.25) is 0 Å². The predicted molar refractivity (Wildman–Crippen MR) is 81.1 cm³/mol. The molecule has 120 valence electrons. The molecule has 2 aliphatic rings. The van der Waals surface area contributed by atoms with E-state index in [4.69, 9.17) is 0 Å². The largest absolute Gasteiger partial charge is 0.338 e. The highest BCUT2D eigenvalue weighted by Crippen LogP contribution is 2.13. The summed E-state index contributed by atoms with van der Waals surface area (Å²) in [5.74, 6) is 0.121. The van der Waals surface area contributed by atoms with Gasteiger partial charge in [0.1, 0.15) is 0 Å². The van der Waals surface area contributed by atoms with Crippen molar-refractivity contribution in [3.63, 3.8) is 0 Å². The van der Waals surface area contributed by atoms with E-state index < -0.39 is 0 Å². The summed E-state index contributed by atoms with van der Waals surface area (Å²) in [7, 11) is 0. The Bertz CT molecular complexity index is 368. The van der Waals surface area contributed by atoms with Crippen molar-refractivity contribution in [2.45, 2.75) is 32.4 Å². The van der Waals surface area contributed by atoms with E-state index in [9.17, 15) is 9.59 Å². The SMILES string of the molecule is CC(C)N1CC(NC(=O)NCCN2CCNCC2)CC1=O. The molecule has 1 atom stereocenters. The average molecular weight is 297 g/mol. The fourth-order valence-electron chi connectivity index (χ4n) is 2.83. The maximum atomic E-state index is 11.8. The quantitative estimate of drug-likeness (QED) is 0.621. The van der Waals surface area contributed by atoms with Gasteiger partial charge in [0, 0.05) is 58.3 Å². The highest BCUT2D eigenvalue weighted by molar-refractivity contribution is 5.81. The van der Waals surface area contributed by atoms with Crippen molar-refractivity contribution in [2.75, 3.05) is 45.8 Å². The second kappa shape index (κ2) is 7.61. The van der Waals surface area contributed by atoms with Crippen molar-refractivity contribution in [2.24, 2.45) is 0 Å². The maximum Gasteiger partial charge on any atom is 0.315 e. The van der Waals surface area contributed by atoms with E-state index in [1.54, 1.807) is 0 Å². The third-order valence-corrected chi connectivity index (χ3v) is 4.04. The lowest BCUT2D eigenvalue weighted by Gasteiger charge is -2.27. The Balaban J connectivity index is 1.62. The van der Waals surface area contributed by atoms with Crippen LogP contribution in [0.25, 0.3) is 0 Å². The Hall–Kier alpha value is -1.34. The molecule has 2 aliphatic heterocycles. The number of amides is 3. The summed E-state index contributed by atoms with van der Waals surface area (Å²) >= 11 is 0. The van der Waals surface area contributed by atoms with Crippen LogP contribution in [0, 0.1) is 0 Å². The highest BCUT2D eigenvalue weighted by atomic mass is 16.2. The number of hydrogen-bond acceptors (Lipinski definition) is 4. The van der Waals surface area contributed by atoms with Crippen molar-refractivity contribution in [1.29, 1.82) is 0 Å². The molecule has 0 bridgehead atoms. The molecule has 2 rings (SSSR count). The lowest BCUT2D eigenvalue weighted by molar-refractivity contribution is -0.129. The molecule has 0 aromatic heterocycles. The van der Waals surface area contributed by atoms with E-state index in [0.29, 0.717) is 19.5 Å². The van der Waals surface area contributed by atoms with Crippen LogP contribution < -0.4 is 16.0 Å². The minimum Gasteiger partial charge on any atom is -0.338 e. The summed E-state index contributed by atoms with van der Waals surface area (Å²) in [5.41, 5.74) is 0. The van der Waals surface area contributed by atoms with Gasteiger partial charge in [0.25, 0.3) is 0 Å². The van der Waals surface area contributed by atoms with Gasteiger partial charge in [-0.25, -0.2) is 4.79 Å². The minimum atomic E-state index is -0.173. The molecule has 3 N–H and O–H groups in total. The summed E-state index contributed by atoms with van der Waals surface area (Å²) in [4.78, 5) is 27.8. The number of likely N-dealkylation sites (tertiary alicyclic amines) is 1. The van der Waals surface area contributed by atoms with Crippen LogP contribution in [-0.2, 0) is 4.79 Å². The van der Waals surface area contributed by atoms with Crippen LogP contribution >= 0.6 is 0 Å². The molecule has 0 aliphatic carbocycles. The lowest BCUT2D eigenvalue weighted by Crippen LogP contribution is -2.48. The van der Waals surface area contributed by atoms with E-state index in [-0.39, 0.29) is 24.0 Å². The topological polar surface area (TPSA) is 76.7 Å². The third kappa shape index (κ3) is 4.86. The standard InChI is InChI=1S/C14H27N5O2/c1-11(2)19-10-12(9-13(19)20)17-14(21)16-5-8-18-6-3-15-4-7-18/h11-12,15H,3-10H2,1-2H3,(H2,16,17,21). The van der Waals surface area contributed by atoms with Gasteiger partial charge in [-0.05, 0) is 13.8 Å². The van der Waals surface area contributed by atoms with Crippen molar-refractivity contribution in [3.05, 3.63) is 0 Å². The minimum absolute atomic E-state index is 0.0703. The Morgan fingerprint density at radius 2 is 2.10 bits per heavy atom. The Labute approximate surface area is 126 Å². The van der Waals surface area contributed by atoms with Gasteiger partial charge >= 0.3 is 6.03 Å². The summed E-state index contributed by atoms with van der Waals surface area (Å²) in [6, 6.07) is -0.0484. The molecular weight excluding hydrogens is 270 g/mol. The first-order chi connectivity index (χ1) is 10.1. The molecule has 21 heavy (non-hydrogen) atoms. The van der Waals surface area contributed by atoms with Gasteiger partial charge < -0.3 is 20.9 Å². The van der Waals surface area contributed by atoms with Crippen molar-refractivity contribution >= 4 is 11.9 Å². The van der Waals surface area contributed by atoms with Gasteiger partial charge in [-0.2, -0.15) is 0 Å². The first-order valence-corrected chi connectivity index (χ1v) is 7.83. The number of rotatable bonds is 5. The van der Waals surface area contributed by atoms with E-state index in [2.05, 4.69) is 20.9 Å². The predicted octanol–water partition coefficient (Wildman–Crippen LogP) is -0.800. The number of carbonyl (C=O) groups is 2. The summed E-state index contributed by atoms with van der Waals surface area (Å²) in [5, 5.41) is 9.06. The van der Waals surface area contributed by atoms with Crippen LogP contribution in [0.3, 0.4) is 0 Å². The molecule has 0 spiro atoms. The molecule has 0 radical (unpaired) electrons. The van der Waals surface area contributed by atoms with Gasteiger partial charge in [0.05, 0.1) is 6.04 Å². The summed E-state index contributed by atoms with van der Waals surface area (Å²) in [6.07, 6.45) is 0.406. The number of piperazine rings is 1. The van der Waals surface area contributed by atoms with E-state index in [0.717, 1.165) is 32.7 Å². The lowest BCUT2D eigenvalue weighted by atomic mass is 10.2. The Kier molecular flexibility index (Phi) is 5.81. The first-order valence-electron chi connectivity index (χ1n) is 7.83. The van der Waals surface area contributed by atoms with Gasteiger partial charge in [0.15, 0.2) is 0 Å².